The zero-order chi connectivity index (χ0) is 15.8. The fourth-order valence-electron chi connectivity index (χ4n) is 1.90. The molecule has 0 aliphatic carbocycles. The Bertz CT molecular complexity index is 627. The Morgan fingerprint density at radius 3 is 2.86 bits per heavy atom. The highest BCUT2D eigenvalue weighted by atomic mass is 79.9. The molecular formula is C16H20BrN3OS. The Morgan fingerprint density at radius 1 is 1.32 bits per heavy atom. The summed E-state index contributed by atoms with van der Waals surface area (Å²) in [6.07, 6.45) is 0. The van der Waals surface area contributed by atoms with E-state index in [1.165, 1.54) is 4.88 Å². The van der Waals surface area contributed by atoms with Gasteiger partial charge in [-0.2, -0.15) is 0 Å². The quantitative estimate of drug-likeness (QED) is 0.591. The third-order valence-corrected chi connectivity index (χ3v) is 4.65. The Hall–Kier alpha value is -1.53. The summed E-state index contributed by atoms with van der Waals surface area (Å²) >= 11 is 5.19. The van der Waals surface area contributed by atoms with Crippen LogP contribution in [0.5, 0.6) is 5.75 Å². The molecule has 1 aromatic carbocycles. The summed E-state index contributed by atoms with van der Waals surface area (Å²) in [5, 5.41) is 8.69. The van der Waals surface area contributed by atoms with Crippen molar-refractivity contribution in [3.8, 4) is 5.75 Å². The summed E-state index contributed by atoms with van der Waals surface area (Å²) < 4.78 is 6.35. The van der Waals surface area contributed by atoms with Gasteiger partial charge in [-0.05, 0) is 46.6 Å². The molecule has 6 heteroatoms. The SMILES string of the molecule is CCNC(=NCc1cccc(OC)c1)NCc1cc(Br)cs1. The molecule has 1 aromatic heterocycles. The van der Waals surface area contributed by atoms with E-state index in [0.29, 0.717) is 6.54 Å². The van der Waals surface area contributed by atoms with Crippen molar-refractivity contribution in [2.24, 2.45) is 4.99 Å². The monoisotopic (exact) mass is 381 g/mol. The highest BCUT2D eigenvalue weighted by Crippen LogP contribution is 2.19. The maximum absolute atomic E-state index is 5.23. The second-order valence-corrected chi connectivity index (χ2v) is 6.54. The number of hydrogen-bond donors (Lipinski definition) is 2. The van der Waals surface area contributed by atoms with E-state index in [1.54, 1.807) is 18.4 Å². The molecule has 0 saturated heterocycles. The van der Waals surface area contributed by atoms with Gasteiger partial charge in [-0.25, -0.2) is 4.99 Å². The van der Waals surface area contributed by atoms with Gasteiger partial charge in [0.15, 0.2) is 5.96 Å². The first-order valence-electron chi connectivity index (χ1n) is 7.09. The topological polar surface area (TPSA) is 45.7 Å². The minimum Gasteiger partial charge on any atom is -0.497 e. The van der Waals surface area contributed by atoms with Gasteiger partial charge in [0.1, 0.15) is 5.75 Å². The zero-order valence-electron chi connectivity index (χ0n) is 12.7. The molecular weight excluding hydrogens is 362 g/mol. The van der Waals surface area contributed by atoms with Crippen LogP contribution in [0.1, 0.15) is 17.4 Å². The lowest BCUT2D eigenvalue weighted by molar-refractivity contribution is 0.414. The molecule has 1 heterocycles. The van der Waals surface area contributed by atoms with E-state index < -0.39 is 0 Å². The van der Waals surface area contributed by atoms with E-state index in [-0.39, 0.29) is 0 Å². The summed E-state index contributed by atoms with van der Waals surface area (Å²) in [5.41, 5.74) is 1.12. The molecule has 118 valence electrons. The molecule has 4 nitrogen and oxygen atoms in total. The van der Waals surface area contributed by atoms with Crippen LogP contribution in [-0.4, -0.2) is 19.6 Å². The Balaban J connectivity index is 1.96. The summed E-state index contributed by atoms with van der Waals surface area (Å²) in [5.74, 6) is 1.67. The lowest BCUT2D eigenvalue weighted by atomic mass is 10.2. The fraction of sp³-hybridized carbons (Fsp3) is 0.312. The molecule has 0 fully saturated rings. The van der Waals surface area contributed by atoms with Crippen molar-refractivity contribution in [3.05, 3.63) is 50.6 Å². The van der Waals surface area contributed by atoms with E-state index in [1.807, 2.05) is 24.3 Å². The molecule has 0 bridgehead atoms. The molecule has 2 aromatic rings. The average molecular weight is 382 g/mol. The molecule has 0 amide bonds. The first kappa shape index (κ1) is 16.8. The van der Waals surface area contributed by atoms with Crippen molar-refractivity contribution < 1.29 is 4.74 Å². The maximum Gasteiger partial charge on any atom is 0.191 e. The Kier molecular flexibility index (Phi) is 6.74. The minimum atomic E-state index is 0.612. The summed E-state index contributed by atoms with van der Waals surface area (Å²) in [7, 11) is 1.67. The third kappa shape index (κ3) is 5.35. The van der Waals surface area contributed by atoms with Crippen LogP contribution in [0, 0.1) is 0 Å². The summed E-state index contributed by atoms with van der Waals surface area (Å²) in [6.45, 7) is 4.27. The van der Waals surface area contributed by atoms with Gasteiger partial charge >= 0.3 is 0 Å². The minimum absolute atomic E-state index is 0.612. The van der Waals surface area contributed by atoms with Crippen LogP contribution in [0.4, 0.5) is 0 Å². The van der Waals surface area contributed by atoms with Crippen LogP contribution in [0.2, 0.25) is 0 Å². The highest BCUT2D eigenvalue weighted by molar-refractivity contribution is 9.10. The van der Waals surface area contributed by atoms with Crippen LogP contribution < -0.4 is 15.4 Å². The van der Waals surface area contributed by atoms with Crippen molar-refractivity contribution >= 4 is 33.2 Å². The van der Waals surface area contributed by atoms with Crippen LogP contribution >= 0.6 is 27.3 Å². The van der Waals surface area contributed by atoms with Gasteiger partial charge in [-0.15, -0.1) is 11.3 Å². The Labute approximate surface area is 143 Å². The number of hydrogen-bond acceptors (Lipinski definition) is 3. The van der Waals surface area contributed by atoms with Crippen LogP contribution in [0.15, 0.2) is 45.2 Å². The molecule has 22 heavy (non-hydrogen) atoms. The molecule has 0 saturated carbocycles. The molecule has 0 atom stereocenters. The van der Waals surface area contributed by atoms with Crippen molar-refractivity contribution in [2.75, 3.05) is 13.7 Å². The van der Waals surface area contributed by atoms with Crippen molar-refractivity contribution in [2.45, 2.75) is 20.0 Å². The van der Waals surface area contributed by atoms with Gasteiger partial charge in [0.25, 0.3) is 0 Å². The first-order valence-corrected chi connectivity index (χ1v) is 8.76. The number of nitrogens with one attached hydrogen (secondary N) is 2. The fourth-order valence-corrected chi connectivity index (χ4v) is 3.29. The molecule has 0 unspecified atom stereocenters. The zero-order valence-corrected chi connectivity index (χ0v) is 15.1. The predicted molar refractivity (Wildman–Crippen MR) is 96.7 cm³/mol. The summed E-state index contributed by atoms with van der Waals surface area (Å²) in [4.78, 5) is 5.88. The van der Waals surface area contributed by atoms with Gasteiger partial charge in [0.05, 0.1) is 20.2 Å². The van der Waals surface area contributed by atoms with Crippen molar-refractivity contribution in [1.29, 1.82) is 0 Å². The number of nitrogens with zero attached hydrogens (tertiary/aromatic N) is 1. The van der Waals surface area contributed by atoms with Crippen LogP contribution in [0.25, 0.3) is 0 Å². The predicted octanol–water partition coefficient (Wildman–Crippen LogP) is 3.77. The van der Waals surface area contributed by atoms with E-state index in [4.69, 9.17) is 4.74 Å². The van der Waals surface area contributed by atoms with E-state index in [9.17, 15) is 0 Å². The normalized spacial score (nSPS) is 11.3. The lowest BCUT2D eigenvalue weighted by Crippen LogP contribution is -2.36. The van der Waals surface area contributed by atoms with Crippen molar-refractivity contribution in [1.82, 2.24) is 10.6 Å². The van der Waals surface area contributed by atoms with Gasteiger partial charge in [0, 0.05) is 21.3 Å². The van der Waals surface area contributed by atoms with Gasteiger partial charge < -0.3 is 15.4 Å². The van der Waals surface area contributed by atoms with Crippen LogP contribution in [-0.2, 0) is 13.1 Å². The molecule has 0 spiro atoms. The number of aliphatic imine (C=N–C) groups is 1. The van der Waals surface area contributed by atoms with E-state index in [0.717, 1.165) is 34.8 Å². The number of methoxy groups -OCH3 is 1. The second-order valence-electron chi connectivity index (χ2n) is 4.63. The molecule has 0 aliphatic rings. The standard InChI is InChI=1S/C16H20BrN3OS/c1-3-18-16(20-10-15-8-13(17)11-22-15)19-9-12-5-4-6-14(7-12)21-2/h4-8,11H,3,9-10H2,1-2H3,(H2,18,19,20). The molecule has 2 N–H and O–H groups in total. The molecule has 0 aliphatic heterocycles. The van der Waals surface area contributed by atoms with Gasteiger partial charge in [-0.3, -0.25) is 0 Å². The first-order chi connectivity index (χ1) is 10.7. The number of rotatable bonds is 6. The number of guanidine groups is 1. The largest absolute Gasteiger partial charge is 0.497 e. The van der Waals surface area contributed by atoms with Gasteiger partial charge in [-0.1, -0.05) is 12.1 Å². The number of ether oxygens (including phenoxy) is 1. The van der Waals surface area contributed by atoms with Crippen LogP contribution in [0.3, 0.4) is 0 Å². The third-order valence-electron chi connectivity index (χ3n) is 2.95. The molecule has 2 rings (SSSR count). The second kappa shape index (κ2) is 8.80. The highest BCUT2D eigenvalue weighted by Gasteiger charge is 2.01. The average Bonchev–Trinajstić information content (AvgIpc) is 2.96. The van der Waals surface area contributed by atoms with Gasteiger partial charge in [0.2, 0.25) is 0 Å². The number of halogens is 1. The van der Waals surface area contributed by atoms with E-state index in [2.05, 4.69) is 49.9 Å². The maximum atomic E-state index is 5.23. The summed E-state index contributed by atoms with van der Waals surface area (Å²) in [6, 6.07) is 10.1. The lowest BCUT2D eigenvalue weighted by Gasteiger charge is -2.10. The smallest absolute Gasteiger partial charge is 0.191 e. The van der Waals surface area contributed by atoms with Crippen molar-refractivity contribution in [3.63, 3.8) is 0 Å². The Morgan fingerprint density at radius 2 is 2.18 bits per heavy atom. The number of benzene rings is 1. The van der Waals surface area contributed by atoms with E-state index >= 15 is 0 Å². The number of thiophene rings is 1. The molecule has 0 radical (unpaired) electrons.